The average molecular weight is 286 g/mol. The Morgan fingerprint density at radius 2 is 1.65 bits per heavy atom. The summed E-state index contributed by atoms with van der Waals surface area (Å²) in [5.74, 6) is -0.702. The van der Waals surface area contributed by atoms with Crippen molar-refractivity contribution in [2.45, 2.75) is 73.1 Å². The summed E-state index contributed by atoms with van der Waals surface area (Å²) in [6.07, 6.45) is 6.20. The molecule has 0 heterocycles. The Hall–Kier alpha value is -1.06. The minimum atomic E-state index is -0.573. The molecule has 0 aromatic heterocycles. The number of unbranched alkanes of at least 4 members (excludes halogenated alkanes) is 3. The molecule has 0 aliphatic carbocycles. The predicted octanol–water partition coefficient (Wildman–Crippen LogP) is 4.07. The summed E-state index contributed by atoms with van der Waals surface area (Å²) in [6.45, 7) is 9.15. The first-order valence-electron chi connectivity index (χ1n) is 7.66. The van der Waals surface area contributed by atoms with Crippen molar-refractivity contribution in [3.05, 3.63) is 0 Å². The molecular weight excluding hydrogens is 256 g/mol. The minimum Gasteiger partial charge on any atom is -0.428 e. The van der Waals surface area contributed by atoms with E-state index in [0.717, 1.165) is 25.7 Å². The van der Waals surface area contributed by atoms with Crippen LogP contribution in [0.4, 0.5) is 0 Å². The second-order valence-corrected chi connectivity index (χ2v) is 6.22. The maximum atomic E-state index is 11.9. The Kier molecular flexibility index (Phi) is 9.26. The number of rotatable bonds is 9. The molecule has 0 fully saturated rings. The molecule has 4 heteroatoms. The first-order chi connectivity index (χ1) is 9.32. The van der Waals surface area contributed by atoms with Gasteiger partial charge in [0.1, 0.15) is 0 Å². The van der Waals surface area contributed by atoms with Gasteiger partial charge in [0, 0.05) is 0 Å². The molecule has 0 radical (unpaired) electrons. The van der Waals surface area contributed by atoms with Crippen LogP contribution in [0.5, 0.6) is 0 Å². The lowest BCUT2D eigenvalue weighted by Gasteiger charge is -2.18. The van der Waals surface area contributed by atoms with Crippen molar-refractivity contribution < 1.29 is 19.1 Å². The molecule has 0 aromatic carbocycles. The standard InChI is InChI=1S/C16H30O4/c1-6-8-9-10-11-13(7-2)14(17)19-12-20-15(18)16(3,4)5/h13H,6-12H2,1-5H3. The number of hydrogen-bond acceptors (Lipinski definition) is 4. The summed E-state index contributed by atoms with van der Waals surface area (Å²) in [4.78, 5) is 23.4. The van der Waals surface area contributed by atoms with E-state index in [4.69, 9.17) is 9.47 Å². The van der Waals surface area contributed by atoms with Gasteiger partial charge in [-0.1, -0.05) is 39.5 Å². The molecule has 118 valence electrons. The minimum absolute atomic E-state index is 0.0832. The van der Waals surface area contributed by atoms with Crippen LogP contribution in [0.1, 0.15) is 73.1 Å². The summed E-state index contributed by atoms with van der Waals surface area (Å²) in [5, 5.41) is 0. The Labute approximate surface area is 123 Å². The zero-order chi connectivity index (χ0) is 15.6. The highest BCUT2D eigenvalue weighted by Crippen LogP contribution is 2.17. The van der Waals surface area contributed by atoms with Gasteiger partial charge in [0.05, 0.1) is 11.3 Å². The maximum Gasteiger partial charge on any atom is 0.314 e. The van der Waals surface area contributed by atoms with E-state index in [-0.39, 0.29) is 24.6 Å². The molecule has 0 spiro atoms. The number of carbonyl (C=O) groups excluding carboxylic acids is 2. The summed E-state index contributed by atoms with van der Waals surface area (Å²) in [6, 6.07) is 0. The van der Waals surface area contributed by atoms with E-state index in [1.165, 1.54) is 12.8 Å². The number of hydrogen-bond donors (Lipinski definition) is 0. The lowest BCUT2D eigenvalue weighted by molar-refractivity contribution is -0.175. The van der Waals surface area contributed by atoms with E-state index < -0.39 is 5.41 Å². The zero-order valence-electron chi connectivity index (χ0n) is 13.7. The van der Waals surface area contributed by atoms with Gasteiger partial charge in [-0.3, -0.25) is 9.59 Å². The van der Waals surface area contributed by atoms with Gasteiger partial charge in [0.2, 0.25) is 6.79 Å². The SMILES string of the molecule is CCCCCCC(CC)C(=O)OCOC(=O)C(C)(C)C. The first-order valence-corrected chi connectivity index (χ1v) is 7.66. The summed E-state index contributed by atoms with van der Waals surface area (Å²) in [5.41, 5.74) is -0.573. The lowest BCUT2D eigenvalue weighted by Crippen LogP contribution is -2.26. The normalized spacial score (nSPS) is 12.8. The fourth-order valence-corrected chi connectivity index (χ4v) is 1.78. The number of carbonyl (C=O) groups is 2. The molecule has 0 amide bonds. The highest BCUT2D eigenvalue weighted by atomic mass is 16.7. The maximum absolute atomic E-state index is 11.9. The van der Waals surface area contributed by atoms with Crippen molar-refractivity contribution in [1.82, 2.24) is 0 Å². The topological polar surface area (TPSA) is 52.6 Å². The third kappa shape index (κ3) is 8.18. The molecule has 0 saturated heterocycles. The first kappa shape index (κ1) is 18.9. The molecule has 0 saturated carbocycles. The third-order valence-electron chi connectivity index (χ3n) is 3.24. The Balaban J connectivity index is 3.95. The summed E-state index contributed by atoms with van der Waals surface area (Å²) < 4.78 is 9.97. The van der Waals surface area contributed by atoms with Crippen molar-refractivity contribution in [2.24, 2.45) is 11.3 Å². The summed E-state index contributed by atoms with van der Waals surface area (Å²) >= 11 is 0. The van der Waals surface area contributed by atoms with Gasteiger partial charge in [-0.15, -0.1) is 0 Å². The molecule has 0 aliphatic rings. The number of ether oxygens (including phenoxy) is 2. The molecule has 1 atom stereocenters. The smallest absolute Gasteiger partial charge is 0.314 e. The van der Waals surface area contributed by atoms with E-state index >= 15 is 0 Å². The van der Waals surface area contributed by atoms with E-state index in [9.17, 15) is 9.59 Å². The van der Waals surface area contributed by atoms with Gasteiger partial charge in [0.15, 0.2) is 0 Å². The largest absolute Gasteiger partial charge is 0.428 e. The lowest BCUT2D eigenvalue weighted by atomic mass is 9.97. The van der Waals surface area contributed by atoms with Crippen LogP contribution >= 0.6 is 0 Å². The van der Waals surface area contributed by atoms with E-state index in [0.29, 0.717) is 0 Å². The van der Waals surface area contributed by atoms with Crippen molar-refractivity contribution in [3.8, 4) is 0 Å². The fourth-order valence-electron chi connectivity index (χ4n) is 1.78. The van der Waals surface area contributed by atoms with Crippen LogP contribution < -0.4 is 0 Å². The summed E-state index contributed by atoms with van der Waals surface area (Å²) in [7, 11) is 0. The molecule has 20 heavy (non-hydrogen) atoms. The van der Waals surface area contributed by atoms with Crippen LogP contribution in [0, 0.1) is 11.3 Å². The molecule has 0 aliphatic heterocycles. The molecule has 1 unspecified atom stereocenters. The number of esters is 2. The quantitative estimate of drug-likeness (QED) is 0.364. The average Bonchev–Trinajstić information content (AvgIpc) is 2.37. The molecule has 0 rings (SSSR count). The Bertz CT molecular complexity index is 291. The van der Waals surface area contributed by atoms with E-state index in [2.05, 4.69) is 6.92 Å². The van der Waals surface area contributed by atoms with Crippen LogP contribution in [0.2, 0.25) is 0 Å². The van der Waals surface area contributed by atoms with Gasteiger partial charge < -0.3 is 9.47 Å². The van der Waals surface area contributed by atoms with Crippen LogP contribution in [0.15, 0.2) is 0 Å². The van der Waals surface area contributed by atoms with Crippen LogP contribution in [0.3, 0.4) is 0 Å². The zero-order valence-corrected chi connectivity index (χ0v) is 13.7. The molecule has 0 bridgehead atoms. The van der Waals surface area contributed by atoms with Gasteiger partial charge in [0.25, 0.3) is 0 Å². The van der Waals surface area contributed by atoms with Gasteiger partial charge in [-0.25, -0.2) is 0 Å². The molecule has 0 aromatic rings. The molecule has 0 N–H and O–H groups in total. The van der Waals surface area contributed by atoms with E-state index in [1.807, 2.05) is 6.92 Å². The van der Waals surface area contributed by atoms with Crippen molar-refractivity contribution >= 4 is 11.9 Å². The highest BCUT2D eigenvalue weighted by molar-refractivity contribution is 5.76. The van der Waals surface area contributed by atoms with Crippen LogP contribution in [-0.4, -0.2) is 18.7 Å². The Morgan fingerprint density at radius 3 is 2.15 bits per heavy atom. The molecular formula is C16H30O4. The van der Waals surface area contributed by atoms with Gasteiger partial charge >= 0.3 is 11.9 Å². The molecule has 4 nitrogen and oxygen atoms in total. The highest BCUT2D eigenvalue weighted by Gasteiger charge is 2.24. The van der Waals surface area contributed by atoms with Crippen molar-refractivity contribution in [2.75, 3.05) is 6.79 Å². The fraction of sp³-hybridized carbons (Fsp3) is 0.875. The van der Waals surface area contributed by atoms with E-state index in [1.54, 1.807) is 20.8 Å². The van der Waals surface area contributed by atoms with Crippen LogP contribution in [0.25, 0.3) is 0 Å². The predicted molar refractivity (Wildman–Crippen MR) is 79.0 cm³/mol. The Morgan fingerprint density at radius 1 is 1.00 bits per heavy atom. The third-order valence-corrected chi connectivity index (χ3v) is 3.24. The van der Waals surface area contributed by atoms with Crippen molar-refractivity contribution in [3.63, 3.8) is 0 Å². The second kappa shape index (κ2) is 9.78. The van der Waals surface area contributed by atoms with Gasteiger partial charge in [-0.05, 0) is 33.6 Å². The van der Waals surface area contributed by atoms with Crippen molar-refractivity contribution in [1.29, 1.82) is 0 Å². The second-order valence-electron chi connectivity index (χ2n) is 6.22. The monoisotopic (exact) mass is 286 g/mol. The van der Waals surface area contributed by atoms with Crippen LogP contribution in [-0.2, 0) is 19.1 Å². The van der Waals surface area contributed by atoms with Gasteiger partial charge in [-0.2, -0.15) is 0 Å².